The van der Waals surface area contributed by atoms with Crippen molar-refractivity contribution in [3.63, 3.8) is 0 Å². The molecule has 8 nitrogen and oxygen atoms in total. The molecule has 0 aliphatic heterocycles. The minimum Gasteiger partial charge on any atom is -0.464 e. The first-order valence-electron chi connectivity index (χ1n) is 5.65. The van der Waals surface area contributed by atoms with Crippen LogP contribution in [-0.4, -0.2) is 26.5 Å². The van der Waals surface area contributed by atoms with E-state index in [1.54, 1.807) is 6.92 Å². The van der Waals surface area contributed by atoms with E-state index in [0.29, 0.717) is 6.61 Å². The SMILES string of the molecule is CCOc1nc(Cl)nc(Oc2cc([N+](=O)[O-])ccc2Cl)n1. The largest absolute Gasteiger partial charge is 0.464 e. The van der Waals surface area contributed by atoms with E-state index >= 15 is 0 Å². The number of halogens is 2. The molecule has 0 saturated heterocycles. The monoisotopic (exact) mass is 330 g/mol. The first-order valence-corrected chi connectivity index (χ1v) is 6.41. The molecule has 0 atom stereocenters. The van der Waals surface area contributed by atoms with Crippen molar-refractivity contribution in [2.24, 2.45) is 0 Å². The maximum atomic E-state index is 10.7. The van der Waals surface area contributed by atoms with E-state index in [1.807, 2.05) is 0 Å². The Morgan fingerprint density at radius 3 is 2.62 bits per heavy atom. The number of hydrogen-bond donors (Lipinski definition) is 0. The van der Waals surface area contributed by atoms with Gasteiger partial charge in [0.1, 0.15) is 0 Å². The third-order valence-corrected chi connectivity index (χ3v) is 2.65. The van der Waals surface area contributed by atoms with Gasteiger partial charge in [-0.05, 0) is 24.6 Å². The maximum Gasteiger partial charge on any atom is 0.329 e. The molecule has 1 aromatic heterocycles. The average molecular weight is 331 g/mol. The summed E-state index contributed by atoms with van der Waals surface area (Å²) in [6.45, 7) is 2.08. The van der Waals surface area contributed by atoms with Crippen molar-refractivity contribution < 1.29 is 14.4 Å². The summed E-state index contributed by atoms with van der Waals surface area (Å²) in [5, 5.41) is 10.8. The highest BCUT2D eigenvalue weighted by Gasteiger charge is 2.14. The van der Waals surface area contributed by atoms with Crippen LogP contribution in [0.25, 0.3) is 0 Å². The molecule has 0 saturated carbocycles. The maximum absolute atomic E-state index is 10.7. The lowest BCUT2D eigenvalue weighted by molar-refractivity contribution is -0.384. The summed E-state index contributed by atoms with van der Waals surface area (Å²) in [4.78, 5) is 21.5. The van der Waals surface area contributed by atoms with Crippen molar-refractivity contribution in [1.82, 2.24) is 15.0 Å². The molecule has 10 heteroatoms. The van der Waals surface area contributed by atoms with Crippen LogP contribution in [0.3, 0.4) is 0 Å². The summed E-state index contributed by atoms with van der Waals surface area (Å²) in [6.07, 6.45) is 0. The molecule has 0 radical (unpaired) electrons. The van der Waals surface area contributed by atoms with E-state index in [1.165, 1.54) is 12.1 Å². The second-order valence-corrected chi connectivity index (χ2v) is 4.32. The molecule has 0 amide bonds. The van der Waals surface area contributed by atoms with Crippen molar-refractivity contribution in [3.8, 4) is 17.8 Å². The lowest BCUT2D eigenvalue weighted by atomic mass is 10.3. The molecule has 0 unspecified atom stereocenters. The van der Waals surface area contributed by atoms with Crippen LogP contribution in [-0.2, 0) is 0 Å². The number of aromatic nitrogens is 3. The second-order valence-electron chi connectivity index (χ2n) is 3.58. The number of rotatable bonds is 5. The van der Waals surface area contributed by atoms with Gasteiger partial charge in [-0.3, -0.25) is 10.1 Å². The second kappa shape index (κ2) is 6.51. The van der Waals surface area contributed by atoms with Gasteiger partial charge in [0.25, 0.3) is 5.69 Å². The zero-order valence-corrected chi connectivity index (χ0v) is 12.1. The van der Waals surface area contributed by atoms with Gasteiger partial charge in [-0.2, -0.15) is 9.97 Å². The van der Waals surface area contributed by atoms with Gasteiger partial charge in [-0.25, -0.2) is 0 Å². The zero-order valence-electron chi connectivity index (χ0n) is 10.6. The first kappa shape index (κ1) is 15.2. The van der Waals surface area contributed by atoms with Crippen LogP contribution in [0.1, 0.15) is 6.92 Å². The summed E-state index contributed by atoms with van der Waals surface area (Å²) in [5.74, 6) is 0.0237. The van der Waals surface area contributed by atoms with Gasteiger partial charge in [0.2, 0.25) is 5.28 Å². The number of nitro benzene ring substituents is 1. The van der Waals surface area contributed by atoms with E-state index in [-0.39, 0.29) is 33.8 Å². The van der Waals surface area contributed by atoms with Crippen molar-refractivity contribution in [3.05, 3.63) is 38.6 Å². The molecule has 1 heterocycles. The van der Waals surface area contributed by atoms with E-state index in [0.717, 1.165) is 6.07 Å². The predicted molar refractivity (Wildman–Crippen MR) is 74.2 cm³/mol. The molecule has 2 rings (SSSR count). The Morgan fingerprint density at radius 1 is 1.24 bits per heavy atom. The number of nitro groups is 1. The molecule has 2 aromatic rings. The summed E-state index contributed by atoms with van der Waals surface area (Å²) in [6, 6.07) is 3.54. The van der Waals surface area contributed by atoms with Crippen LogP contribution in [0.15, 0.2) is 18.2 Å². The highest BCUT2D eigenvalue weighted by molar-refractivity contribution is 6.32. The Kier molecular flexibility index (Phi) is 4.71. The highest BCUT2D eigenvalue weighted by Crippen LogP contribution is 2.32. The minimum absolute atomic E-state index is 0.0194. The average Bonchev–Trinajstić information content (AvgIpc) is 2.40. The van der Waals surface area contributed by atoms with Crippen LogP contribution >= 0.6 is 23.2 Å². The predicted octanol–water partition coefficient (Wildman–Crippen LogP) is 3.28. The highest BCUT2D eigenvalue weighted by atomic mass is 35.5. The number of nitrogens with zero attached hydrogens (tertiary/aromatic N) is 4. The zero-order chi connectivity index (χ0) is 15.4. The van der Waals surface area contributed by atoms with Crippen molar-refractivity contribution in [2.45, 2.75) is 6.92 Å². The molecule has 0 bridgehead atoms. The quantitative estimate of drug-likeness (QED) is 0.612. The Hall–Kier alpha value is -2.19. The molecule has 0 fully saturated rings. The van der Waals surface area contributed by atoms with Gasteiger partial charge in [0, 0.05) is 6.07 Å². The van der Waals surface area contributed by atoms with Gasteiger partial charge in [0.05, 0.1) is 22.6 Å². The van der Waals surface area contributed by atoms with E-state index < -0.39 is 4.92 Å². The van der Waals surface area contributed by atoms with Gasteiger partial charge in [-0.15, -0.1) is 4.98 Å². The van der Waals surface area contributed by atoms with Crippen LogP contribution in [0.2, 0.25) is 10.3 Å². The standard InChI is InChI=1S/C11H8Cl2N4O4/c1-2-20-10-14-9(13)15-11(16-10)21-8-5-6(17(18)19)3-4-7(8)12/h3-5H,2H2,1H3. The third kappa shape index (κ3) is 3.89. The normalized spacial score (nSPS) is 10.2. The van der Waals surface area contributed by atoms with E-state index in [2.05, 4.69) is 15.0 Å². The fraction of sp³-hybridized carbons (Fsp3) is 0.182. The molecule has 110 valence electrons. The summed E-state index contributed by atoms with van der Waals surface area (Å²) >= 11 is 11.6. The molecule has 0 N–H and O–H groups in total. The van der Waals surface area contributed by atoms with E-state index in [9.17, 15) is 10.1 Å². The molecular formula is C11H8Cl2N4O4. The molecule has 0 aliphatic rings. The summed E-state index contributed by atoms with van der Waals surface area (Å²) in [7, 11) is 0. The van der Waals surface area contributed by atoms with Crippen LogP contribution in [0, 0.1) is 10.1 Å². The van der Waals surface area contributed by atoms with Crippen molar-refractivity contribution in [1.29, 1.82) is 0 Å². The van der Waals surface area contributed by atoms with Crippen molar-refractivity contribution >= 4 is 28.9 Å². The topological polar surface area (TPSA) is 100 Å². The van der Waals surface area contributed by atoms with Gasteiger partial charge >= 0.3 is 12.0 Å². The number of non-ortho nitro benzene ring substituents is 1. The van der Waals surface area contributed by atoms with E-state index in [4.69, 9.17) is 32.7 Å². The van der Waals surface area contributed by atoms with Crippen LogP contribution < -0.4 is 9.47 Å². The van der Waals surface area contributed by atoms with Crippen molar-refractivity contribution in [2.75, 3.05) is 6.61 Å². The Bertz CT molecular complexity index is 683. The fourth-order valence-electron chi connectivity index (χ4n) is 1.34. The van der Waals surface area contributed by atoms with Crippen LogP contribution in [0.5, 0.6) is 17.8 Å². The molecule has 1 aromatic carbocycles. The summed E-state index contributed by atoms with van der Waals surface area (Å²) in [5.41, 5.74) is -0.181. The molecule has 0 aliphatic carbocycles. The number of hydrogen-bond acceptors (Lipinski definition) is 7. The lowest BCUT2D eigenvalue weighted by Crippen LogP contribution is -2.02. The Balaban J connectivity index is 2.33. The summed E-state index contributed by atoms with van der Waals surface area (Å²) < 4.78 is 10.4. The Labute approximate surface area is 128 Å². The Morgan fingerprint density at radius 2 is 1.95 bits per heavy atom. The smallest absolute Gasteiger partial charge is 0.329 e. The third-order valence-electron chi connectivity index (χ3n) is 2.17. The lowest BCUT2D eigenvalue weighted by Gasteiger charge is -2.07. The molecule has 0 spiro atoms. The van der Waals surface area contributed by atoms with Crippen LogP contribution in [0.4, 0.5) is 5.69 Å². The minimum atomic E-state index is -0.574. The number of ether oxygens (including phenoxy) is 2. The number of benzene rings is 1. The molecule has 21 heavy (non-hydrogen) atoms. The fourth-order valence-corrected chi connectivity index (χ4v) is 1.64. The van der Waals surface area contributed by atoms with Gasteiger partial charge in [-0.1, -0.05) is 11.6 Å². The first-order chi connectivity index (χ1) is 9.99. The van der Waals surface area contributed by atoms with Gasteiger partial charge < -0.3 is 9.47 Å². The molecular weight excluding hydrogens is 323 g/mol. The van der Waals surface area contributed by atoms with Gasteiger partial charge in [0.15, 0.2) is 5.75 Å².